The van der Waals surface area contributed by atoms with Gasteiger partial charge in [0, 0.05) is 30.2 Å². The quantitative estimate of drug-likeness (QED) is 0.847. The highest BCUT2D eigenvalue weighted by Gasteiger charge is 2.05. The van der Waals surface area contributed by atoms with E-state index in [-0.39, 0.29) is 5.91 Å². The van der Waals surface area contributed by atoms with Crippen LogP contribution in [-0.4, -0.2) is 35.5 Å². The summed E-state index contributed by atoms with van der Waals surface area (Å²) in [6.07, 6.45) is 2.63. The predicted octanol–water partition coefficient (Wildman–Crippen LogP) is 2.09. The van der Waals surface area contributed by atoms with E-state index in [0.717, 1.165) is 28.6 Å². The first-order valence-corrected chi connectivity index (χ1v) is 6.19. The molecule has 5 heteroatoms. The topological polar surface area (TPSA) is 57.6 Å². The zero-order chi connectivity index (χ0) is 13.5. The molecule has 0 aliphatic carbocycles. The number of nitrogens with zero attached hydrogens (tertiary/aromatic N) is 1. The molecule has 0 aliphatic rings. The predicted molar refractivity (Wildman–Crippen MR) is 72.3 cm³/mol. The maximum atomic E-state index is 11.5. The minimum Gasteiger partial charge on any atom is -0.478 e. The van der Waals surface area contributed by atoms with Crippen molar-refractivity contribution in [1.82, 2.24) is 4.90 Å². The van der Waals surface area contributed by atoms with Gasteiger partial charge in [-0.2, -0.15) is 0 Å². The Hall–Kier alpha value is -1.62. The smallest absolute Gasteiger partial charge is 0.328 e. The van der Waals surface area contributed by atoms with Gasteiger partial charge in [0.05, 0.1) is 0 Å². The summed E-state index contributed by atoms with van der Waals surface area (Å²) in [7, 11) is 1.65. The molecule has 1 aromatic rings. The summed E-state index contributed by atoms with van der Waals surface area (Å²) in [6, 6.07) is 7.85. The second-order valence-corrected chi connectivity index (χ2v) is 4.73. The fraction of sp³-hybridized carbons (Fsp3) is 0.231. The molecule has 0 atom stereocenters. The van der Waals surface area contributed by atoms with Crippen LogP contribution in [0.4, 0.5) is 0 Å². The van der Waals surface area contributed by atoms with E-state index in [2.05, 4.69) is 15.9 Å². The molecule has 0 spiro atoms. The zero-order valence-electron chi connectivity index (χ0n) is 9.97. The van der Waals surface area contributed by atoms with E-state index in [9.17, 15) is 9.59 Å². The van der Waals surface area contributed by atoms with Crippen molar-refractivity contribution in [2.45, 2.75) is 6.42 Å². The van der Waals surface area contributed by atoms with E-state index in [4.69, 9.17) is 5.11 Å². The molecule has 1 N–H and O–H groups in total. The Labute approximate surface area is 114 Å². The van der Waals surface area contributed by atoms with Crippen LogP contribution in [0.25, 0.3) is 0 Å². The number of carboxylic acid groups (broad SMARTS) is 1. The first-order valence-electron chi connectivity index (χ1n) is 5.39. The van der Waals surface area contributed by atoms with Crippen molar-refractivity contribution in [3.8, 4) is 0 Å². The van der Waals surface area contributed by atoms with Crippen LogP contribution < -0.4 is 0 Å². The molecule has 0 radical (unpaired) electrons. The van der Waals surface area contributed by atoms with Gasteiger partial charge in [0.15, 0.2) is 0 Å². The fourth-order valence-corrected chi connectivity index (χ4v) is 1.82. The molecule has 0 fully saturated rings. The Bertz CT molecular complexity index is 471. The number of hydrogen-bond donors (Lipinski definition) is 1. The average molecular weight is 312 g/mol. The number of aliphatic carboxylic acids is 1. The standard InChI is InChI=1S/C13H14BrNO3/c1-15(12(16)5-6-13(17)18)8-7-10-3-2-4-11(14)9-10/h2-6,9H,7-8H2,1H3,(H,17,18)/b6-5+. The second-order valence-electron chi connectivity index (χ2n) is 3.81. The van der Waals surface area contributed by atoms with Crippen LogP contribution in [0.2, 0.25) is 0 Å². The van der Waals surface area contributed by atoms with Crippen LogP contribution in [0.15, 0.2) is 40.9 Å². The lowest BCUT2D eigenvalue weighted by Crippen LogP contribution is -2.27. The highest BCUT2D eigenvalue weighted by atomic mass is 79.9. The molecule has 1 aromatic carbocycles. The number of likely N-dealkylation sites (N-methyl/N-ethyl adjacent to an activating group) is 1. The van der Waals surface area contributed by atoms with Crippen molar-refractivity contribution in [3.63, 3.8) is 0 Å². The van der Waals surface area contributed by atoms with Crippen LogP contribution in [0.5, 0.6) is 0 Å². The van der Waals surface area contributed by atoms with E-state index in [0.29, 0.717) is 6.54 Å². The normalized spacial score (nSPS) is 10.6. The molecule has 1 rings (SSSR count). The van der Waals surface area contributed by atoms with Gasteiger partial charge >= 0.3 is 5.97 Å². The Morgan fingerprint density at radius 2 is 2.11 bits per heavy atom. The molecule has 4 nitrogen and oxygen atoms in total. The lowest BCUT2D eigenvalue weighted by Gasteiger charge is -2.14. The summed E-state index contributed by atoms with van der Waals surface area (Å²) in [5.74, 6) is -1.43. The van der Waals surface area contributed by atoms with Crippen molar-refractivity contribution < 1.29 is 14.7 Å². The summed E-state index contributed by atoms with van der Waals surface area (Å²) in [4.78, 5) is 23.3. The van der Waals surface area contributed by atoms with E-state index >= 15 is 0 Å². The van der Waals surface area contributed by atoms with E-state index in [1.807, 2.05) is 24.3 Å². The first kappa shape index (κ1) is 14.4. The molecule has 0 heterocycles. The van der Waals surface area contributed by atoms with Crippen molar-refractivity contribution in [1.29, 1.82) is 0 Å². The van der Waals surface area contributed by atoms with E-state index in [1.165, 1.54) is 4.90 Å². The van der Waals surface area contributed by atoms with Crippen molar-refractivity contribution in [2.75, 3.05) is 13.6 Å². The molecule has 0 bridgehead atoms. The van der Waals surface area contributed by atoms with Gasteiger partial charge < -0.3 is 10.0 Å². The average Bonchev–Trinajstić information content (AvgIpc) is 2.33. The number of carbonyl (C=O) groups excluding carboxylic acids is 1. The molecule has 0 aromatic heterocycles. The van der Waals surface area contributed by atoms with Crippen LogP contribution >= 0.6 is 15.9 Å². The van der Waals surface area contributed by atoms with Crippen LogP contribution in [0, 0.1) is 0 Å². The van der Waals surface area contributed by atoms with Gasteiger partial charge in [0.1, 0.15) is 0 Å². The lowest BCUT2D eigenvalue weighted by molar-refractivity contribution is -0.132. The van der Waals surface area contributed by atoms with Gasteiger partial charge in [-0.05, 0) is 24.1 Å². The molecule has 1 amide bonds. The third kappa shape index (κ3) is 5.14. The van der Waals surface area contributed by atoms with Gasteiger partial charge in [0.2, 0.25) is 5.91 Å². The van der Waals surface area contributed by atoms with Crippen molar-refractivity contribution >= 4 is 27.8 Å². The molecule has 0 aliphatic heterocycles. The SMILES string of the molecule is CN(CCc1cccc(Br)c1)C(=O)/C=C/C(=O)O. The number of benzene rings is 1. The summed E-state index contributed by atoms with van der Waals surface area (Å²) in [5, 5.41) is 8.42. The minimum atomic E-state index is -1.12. The highest BCUT2D eigenvalue weighted by Crippen LogP contribution is 2.12. The number of rotatable bonds is 5. The van der Waals surface area contributed by atoms with Gasteiger partial charge in [0.25, 0.3) is 0 Å². The third-order valence-electron chi connectivity index (χ3n) is 2.37. The molecule has 0 saturated heterocycles. The maximum Gasteiger partial charge on any atom is 0.328 e. The van der Waals surface area contributed by atoms with Gasteiger partial charge in [-0.25, -0.2) is 4.79 Å². The van der Waals surface area contributed by atoms with Gasteiger partial charge in [-0.1, -0.05) is 28.1 Å². The fourth-order valence-electron chi connectivity index (χ4n) is 1.37. The first-order chi connectivity index (χ1) is 8.49. The molecule has 0 unspecified atom stereocenters. The lowest BCUT2D eigenvalue weighted by atomic mass is 10.1. The van der Waals surface area contributed by atoms with Crippen molar-refractivity contribution in [2.24, 2.45) is 0 Å². The summed E-state index contributed by atoms with van der Waals surface area (Å²) in [6.45, 7) is 0.541. The van der Waals surface area contributed by atoms with Gasteiger partial charge in [-0.15, -0.1) is 0 Å². The number of amides is 1. The number of hydrogen-bond acceptors (Lipinski definition) is 2. The monoisotopic (exact) mass is 311 g/mol. The maximum absolute atomic E-state index is 11.5. The molecular weight excluding hydrogens is 298 g/mol. The Balaban J connectivity index is 2.48. The molecule has 0 saturated carbocycles. The number of carbonyl (C=O) groups is 2. The largest absolute Gasteiger partial charge is 0.478 e. The second kappa shape index (κ2) is 6.96. The van der Waals surface area contributed by atoms with Gasteiger partial charge in [-0.3, -0.25) is 4.79 Å². The number of halogens is 1. The van der Waals surface area contributed by atoms with Crippen molar-refractivity contribution in [3.05, 3.63) is 46.5 Å². The van der Waals surface area contributed by atoms with E-state index < -0.39 is 5.97 Å². The third-order valence-corrected chi connectivity index (χ3v) is 2.86. The van der Waals surface area contributed by atoms with Crippen LogP contribution in [-0.2, 0) is 16.0 Å². The summed E-state index contributed by atoms with van der Waals surface area (Å²) < 4.78 is 1.000. The van der Waals surface area contributed by atoms with Crippen LogP contribution in [0.3, 0.4) is 0 Å². The summed E-state index contributed by atoms with van der Waals surface area (Å²) in [5.41, 5.74) is 1.12. The Kier molecular flexibility index (Phi) is 5.58. The molecule has 96 valence electrons. The Morgan fingerprint density at radius 1 is 1.39 bits per heavy atom. The molecular formula is C13H14BrNO3. The zero-order valence-corrected chi connectivity index (χ0v) is 11.6. The highest BCUT2D eigenvalue weighted by molar-refractivity contribution is 9.10. The summed E-state index contributed by atoms with van der Waals surface area (Å²) >= 11 is 3.38. The van der Waals surface area contributed by atoms with E-state index in [1.54, 1.807) is 7.05 Å². The Morgan fingerprint density at radius 3 is 2.72 bits per heavy atom. The number of carboxylic acids is 1. The molecule has 18 heavy (non-hydrogen) atoms. The van der Waals surface area contributed by atoms with Crippen LogP contribution in [0.1, 0.15) is 5.56 Å². The minimum absolute atomic E-state index is 0.313.